The van der Waals surface area contributed by atoms with Crippen LogP contribution in [0.3, 0.4) is 0 Å². The second kappa shape index (κ2) is 3.35. The van der Waals surface area contributed by atoms with Crippen LogP contribution < -0.4 is 0 Å². The number of nitrogens with zero attached hydrogens (tertiary/aromatic N) is 1. The zero-order valence-corrected chi connectivity index (χ0v) is 8.67. The zero-order valence-electron chi connectivity index (χ0n) is 8.67. The molecule has 1 aliphatic heterocycles. The molecule has 0 spiro atoms. The highest BCUT2D eigenvalue weighted by Gasteiger charge is 2.37. The van der Waals surface area contributed by atoms with Gasteiger partial charge >= 0.3 is 0 Å². The summed E-state index contributed by atoms with van der Waals surface area (Å²) in [5.74, 6) is 1.63. The van der Waals surface area contributed by atoms with Crippen LogP contribution in [-0.4, -0.2) is 35.2 Å². The molecule has 1 heterocycles. The van der Waals surface area contributed by atoms with Crippen LogP contribution in [0.2, 0.25) is 0 Å². The number of aliphatic hydroxyl groups is 1. The first kappa shape index (κ1) is 10.0. The average Bonchev–Trinajstić information content (AvgIpc) is 1.82. The molecule has 0 unspecified atom stereocenters. The van der Waals surface area contributed by atoms with E-state index in [1.807, 2.05) is 0 Å². The summed E-state index contributed by atoms with van der Waals surface area (Å²) in [6, 6.07) is 0. The van der Waals surface area contributed by atoms with Gasteiger partial charge in [-0.25, -0.2) is 0 Å². The Morgan fingerprint density at radius 2 is 1.92 bits per heavy atom. The van der Waals surface area contributed by atoms with Gasteiger partial charge in [0.15, 0.2) is 0 Å². The van der Waals surface area contributed by atoms with Gasteiger partial charge in [0.05, 0.1) is 6.61 Å². The summed E-state index contributed by atoms with van der Waals surface area (Å²) in [6.45, 7) is 11.3. The Bertz CT molecular complexity index is 148. The Hall–Kier alpha value is -0.0800. The first-order chi connectivity index (χ1) is 5.47. The first-order valence-electron chi connectivity index (χ1n) is 4.83. The average molecular weight is 171 g/mol. The van der Waals surface area contributed by atoms with Crippen LogP contribution in [0.25, 0.3) is 0 Å². The minimum absolute atomic E-state index is 0.00854. The Labute approximate surface area is 75.6 Å². The van der Waals surface area contributed by atoms with Gasteiger partial charge in [-0.2, -0.15) is 0 Å². The molecule has 2 nitrogen and oxygen atoms in total. The van der Waals surface area contributed by atoms with Gasteiger partial charge in [-0.05, 0) is 25.7 Å². The number of likely N-dealkylation sites (tertiary alicyclic amines) is 1. The smallest absolute Gasteiger partial charge is 0.0610 e. The van der Waals surface area contributed by atoms with Gasteiger partial charge < -0.3 is 5.11 Å². The van der Waals surface area contributed by atoms with Crippen molar-refractivity contribution in [2.45, 2.75) is 33.2 Å². The molecule has 1 N–H and O–H groups in total. The number of rotatable bonds is 3. The summed E-state index contributed by atoms with van der Waals surface area (Å²) in [7, 11) is 0. The van der Waals surface area contributed by atoms with Gasteiger partial charge in [-0.1, -0.05) is 13.8 Å². The van der Waals surface area contributed by atoms with Crippen molar-refractivity contribution in [3.8, 4) is 0 Å². The molecule has 1 rings (SSSR count). The van der Waals surface area contributed by atoms with Gasteiger partial charge in [0.2, 0.25) is 0 Å². The van der Waals surface area contributed by atoms with Crippen LogP contribution in [0.15, 0.2) is 0 Å². The third-order valence-electron chi connectivity index (χ3n) is 3.10. The molecule has 0 amide bonds. The highest BCUT2D eigenvalue weighted by molar-refractivity contribution is 4.91. The second-order valence-electron chi connectivity index (χ2n) is 4.88. The van der Waals surface area contributed by atoms with Crippen molar-refractivity contribution in [3.63, 3.8) is 0 Å². The number of hydrogen-bond acceptors (Lipinski definition) is 2. The molecule has 0 aromatic rings. The third kappa shape index (κ3) is 1.80. The first-order valence-corrected chi connectivity index (χ1v) is 4.83. The van der Waals surface area contributed by atoms with E-state index >= 15 is 0 Å². The van der Waals surface area contributed by atoms with E-state index in [0.717, 1.165) is 24.9 Å². The molecule has 1 fully saturated rings. The van der Waals surface area contributed by atoms with Crippen molar-refractivity contribution in [3.05, 3.63) is 0 Å². The van der Waals surface area contributed by atoms with Gasteiger partial charge in [-0.15, -0.1) is 0 Å². The summed E-state index contributed by atoms with van der Waals surface area (Å²) >= 11 is 0. The van der Waals surface area contributed by atoms with Crippen molar-refractivity contribution >= 4 is 0 Å². The largest absolute Gasteiger partial charge is 0.394 e. The topological polar surface area (TPSA) is 23.5 Å². The maximum Gasteiger partial charge on any atom is 0.0610 e. The van der Waals surface area contributed by atoms with E-state index in [-0.39, 0.29) is 12.1 Å². The van der Waals surface area contributed by atoms with Crippen molar-refractivity contribution in [1.29, 1.82) is 0 Å². The summed E-state index contributed by atoms with van der Waals surface area (Å²) in [5, 5.41) is 9.11. The van der Waals surface area contributed by atoms with E-state index in [1.165, 1.54) is 0 Å². The molecular weight excluding hydrogens is 150 g/mol. The van der Waals surface area contributed by atoms with Gasteiger partial charge in [-0.3, -0.25) is 4.90 Å². The van der Waals surface area contributed by atoms with Crippen molar-refractivity contribution in [1.82, 2.24) is 4.90 Å². The molecule has 2 heteroatoms. The molecule has 0 aromatic carbocycles. The Balaban J connectivity index is 2.34. The maximum atomic E-state index is 9.11. The van der Waals surface area contributed by atoms with Gasteiger partial charge in [0.25, 0.3) is 0 Å². The number of aliphatic hydroxyl groups excluding tert-OH is 1. The zero-order chi connectivity index (χ0) is 9.35. The predicted molar refractivity (Wildman–Crippen MR) is 51.1 cm³/mol. The summed E-state index contributed by atoms with van der Waals surface area (Å²) in [4.78, 5) is 2.36. The molecule has 0 aliphatic carbocycles. The lowest BCUT2D eigenvalue weighted by Gasteiger charge is -2.50. The Morgan fingerprint density at radius 3 is 2.25 bits per heavy atom. The van der Waals surface area contributed by atoms with Crippen molar-refractivity contribution < 1.29 is 5.11 Å². The van der Waals surface area contributed by atoms with Crippen LogP contribution in [0.1, 0.15) is 27.7 Å². The summed E-state index contributed by atoms with van der Waals surface area (Å²) < 4.78 is 0. The summed E-state index contributed by atoms with van der Waals surface area (Å²) in [5.41, 5.74) is -0.00854. The molecule has 0 saturated carbocycles. The predicted octanol–water partition coefficient (Wildman–Crippen LogP) is 1.35. The molecule has 0 radical (unpaired) electrons. The minimum atomic E-state index is -0.00854. The number of hydrogen-bond donors (Lipinski definition) is 1. The van der Waals surface area contributed by atoms with Crippen molar-refractivity contribution in [2.75, 3.05) is 19.7 Å². The lowest BCUT2D eigenvalue weighted by Crippen LogP contribution is -2.59. The van der Waals surface area contributed by atoms with Crippen LogP contribution in [-0.2, 0) is 0 Å². The van der Waals surface area contributed by atoms with E-state index in [9.17, 15) is 0 Å². The monoisotopic (exact) mass is 171 g/mol. The molecule has 0 atom stereocenters. The van der Waals surface area contributed by atoms with E-state index < -0.39 is 0 Å². The normalized spacial score (nSPS) is 21.5. The van der Waals surface area contributed by atoms with E-state index in [2.05, 4.69) is 32.6 Å². The van der Waals surface area contributed by atoms with Crippen LogP contribution in [0.5, 0.6) is 0 Å². The highest BCUT2D eigenvalue weighted by atomic mass is 16.3. The molecule has 1 saturated heterocycles. The standard InChI is InChI=1S/C10H21NO/c1-8(2)9-5-11(6-9)10(3,4)7-12/h8-9,12H,5-7H2,1-4H3. The fourth-order valence-corrected chi connectivity index (χ4v) is 1.53. The molecule has 72 valence electrons. The van der Waals surface area contributed by atoms with E-state index in [0.29, 0.717) is 0 Å². The Kier molecular flexibility index (Phi) is 2.79. The van der Waals surface area contributed by atoms with Crippen molar-refractivity contribution in [2.24, 2.45) is 11.8 Å². The van der Waals surface area contributed by atoms with Crippen LogP contribution in [0, 0.1) is 11.8 Å². The Morgan fingerprint density at radius 1 is 1.42 bits per heavy atom. The summed E-state index contributed by atoms with van der Waals surface area (Å²) in [6.07, 6.45) is 0. The van der Waals surface area contributed by atoms with E-state index in [4.69, 9.17) is 5.11 Å². The second-order valence-corrected chi connectivity index (χ2v) is 4.88. The maximum absolute atomic E-state index is 9.11. The third-order valence-corrected chi connectivity index (χ3v) is 3.10. The van der Waals surface area contributed by atoms with Crippen LogP contribution in [0.4, 0.5) is 0 Å². The fourth-order valence-electron chi connectivity index (χ4n) is 1.53. The molecule has 0 bridgehead atoms. The van der Waals surface area contributed by atoms with Gasteiger partial charge in [0.1, 0.15) is 0 Å². The molecule has 1 aliphatic rings. The lowest BCUT2D eigenvalue weighted by atomic mass is 9.84. The van der Waals surface area contributed by atoms with Crippen LogP contribution >= 0.6 is 0 Å². The molecule has 12 heavy (non-hydrogen) atoms. The highest BCUT2D eigenvalue weighted by Crippen LogP contribution is 2.29. The quantitative estimate of drug-likeness (QED) is 0.693. The molecule has 0 aromatic heterocycles. The fraction of sp³-hybridized carbons (Fsp3) is 1.00. The van der Waals surface area contributed by atoms with E-state index in [1.54, 1.807) is 0 Å². The minimum Gasteiger partial charge on any atom is -0.394 e. The molecular formula is C10H21NO. The van der Waals surface area contributed by atoms with Gasteiger partial charge in [0, 0.05) is 18.6 Å². The lowest BCUT2D eigenvalue weighted by molar-refractivity contribution is -0.0404. The SMILES string of the molecule is CC(C)C1CN(C(C)(C)CO)C1.